The summed E-state index contributed by atoms with van der Waals surface area (Å²) in [5, 5.41) is 14.7. The standard InChI is InChI=1S/C22H22N6OS2/c1-27(2)17-11-7-10-16(12-17)20-25-26-22(28(20)3)31-14-19(29)24-21-23-18(13-30-21)15-8-5-4-6-9-15/h4-13H,14H2,1-3H3,(H,23,24,29). The Morgan fingerprint density at radius 3 is 2.65 bits per heavy atom. The summed E-state index contributed by atoms with van der Waals surface area (Å²) in [6.45, 7) is 0. The molecule has 1 amide bonds. The van der Waals surface area contributed by atoms with E-state index in [1.165, 1.54) is 23.1 Å². The quantitative estimate of drug-likeness (QED) is 0.421. The van der Waals surface area contributed by atoms with Crippen LogP contribution in [0, 0.1) is 0 Å². The molecule has 158 valence electrons. The molecule has 0 atom stereocenters. The van der Waals surface area contributed by atoms with Crippen LogP contribution in [0.2, 0.25) is 0 Å². The fraction of sp³-hybridized carbons (Fsp3) is 0.182. The summed E-state index contributed by atoms with van der Waals surface area (Å²) in [5.41, 5.74) is 3.95. The van der Waals surface area contributed by atoms with Crippen molar-refractivity contribution < 1.29 is 4.79 Å². The highest BCUT2D eigenvalue weighted by atomic mass is 32.2. The van der Waals surface area contributed by atoms with Crippen LogP contribution in [-0.4, -0.2) is 45.5 Å². The lowest BCUT2D eigenvalue weighted by molar-refractivity contribution is -0.113. The van der Waals surface area contributed by atoms with Crippen molar-refractivity contribution in [2.45, 2.75) is 5.16 Å². The van der Waals surface area contributed by atoms with Crippen molar-refractivity contribution in [2.24, 2.45) is 7.05 Å². The molecule has 0 aliphatic rings. The van der Waals surface area contributed by atoms with Crippen LogP contribution in [0.25, 0.3) is 22.6 Å². The molecule has 0 radical (unpaired) electrons. The maximum atomic E-state index is 12.4. The molecule has 2 aromatic heterocycles. The van der Waals surface area contributed by atoms with E-state index >= 15 is 0 Å². The van der Waals surface area contributed by atoms with Crippen LogP contribution in [0.3, 0.4) is 0 Å². The number of rotatable bonds is 7. The highest BCUT2D eigenvalue weighted by Crippen LogP contribution is 2.27. The molecule has 0 spiro atoms. The first kappa shape index (κ1) is 21.1. The smallest absolute Gasteiger partial charge is 0.236 e. The largest absolute Gasteiger partial charge is 0.378 e. The number of thioether (sulfide) groups is 1. The van der Waals surface area contributed by atoms with Crippen molar-refractivity contribution in [3.05, 3.63) is 60.0 Å². The lowest BCUT2D eigenvalue weighted by Crippen LogP contribution is -2.14. The average Bonchev–Trinajstić information content (AvgIpc) is 3.39. The van der Waals surface area contributed by atoms with E-state index in [9.17, 15) is 4.79 Å². The number of nitrogens with zero attached hydrogens (tertiary/aromatic N) is 5. The van der Waals surface area contributed by atoms with E-state index in [1.54, 1.807) is 0 Å². The minimum absolute atomic E-state index is 0.127. The maximum absolute atomic E-state index is 12.4. The molecule has 2 heterocycles. The second-order valence-corrected chi connectivity index (χ2v) is 8.85. The first-order chi connectivity index (χ1) is 15.0. The Kier molecular flexibility index (Phi) is 6.34. The molecule has 0 bridgehead atoms. The van der Waals surface area contributed by atoms with Crippen molar-refractivity contribution in [3.8, 4) is 22.6 Å². The lowest BCUT2D eigenvalue weighted by Gasteiger charge is -2.13. The van der Waals surface area contributed by atoms with E-state index in [4.69, 9.17) is 0 Å². The summed E-state index contributed by atoms with van der Waals surface area (Å²) >= 11 is 2.76. The lowest BCUT2D eigenvalue weighted by atomic mass is 10.2. The number of hydrogen-bond donors (Lipinski definition) is 1. The summed E-state index contributed by atoms with van der Waals surface area (Å²) in [5.74, 6) is 0.862. The van der Waals surface area contributed by atoms with Gasteiger partial charge in [-0.3, -0.25) is 4.79 Å². The third kappa shape index (κ3) is 4.95. The number of benzene rings is 2. The molecule has 1 N–H and O–H groups in total. The molecule has 0 saturated carbocycles. The number of hydrogen-bond acceptors (Lipinski definition) is 7. The Morgan fingerprint density at radius 1 is 1.10 bits per heavy atom. The fourth-order valence-electron chi connectivity index (χ4n) is 2.97. The molecule has 0 aliphatic heterocycles. The predicted octanol–water partition coefficient (Wildman–Crippen LogP) is 4.40. The van der Waals surface area contributed by atoms with Gasteiger partial charge in [0.05, 0.1) is 11.4 Å². The van der Waals surface area contributed by atoms with Gasteiger partial charge in [0.25, 0.3) is 0 Å². The second kappa shape index (κ2) is 9.32. The second-order valence-electron chi connectivity index (χ2n) is 7.05. The zero-order valence-corrected chi connectivity index (χ0v) is 19.1. The summed E-state index contributed by atoms with van der Waals surface area (Å²) in [6.07, 6.45) is 0. The summed E-state index contributed by atoms with van der Waals surface area (Å²) in [6, 6.07) is 18.0. The van der Waals surface area contributed by atoms with Gasteiger partial charge in [0.2, 0.25) is 5.91 Å². The number of carbonyl (C=O) groups is 1. The van der Waals surface area contributed by atoms with Crippen molar-refractivity contribution in [1.82, 2.24) is 19.7 Å². The topological polar surface area (TPSA) is 75.9 Å². The van der Waals surface area contributed by atoms with E-state index in [-0.39, 0.29) is 11.7 Å². The van der Waals surface area contributed by atoms with E-state index in [0.29, 0.717) is 10.3 Å². The monoisotopic (exact) mass is 450 g/mol. The number of thiazole rings is 1. The van der Waals surface area contributed by atoms with Gasteiger partial charge in [0.1, 0.15) is 0 Å². The molecule has 2 aromatic carbocycles. The zero-order chi connectivity index (χ0) is 21.8. The number of anilines is 2. The van der Waals surface area contributed by atoms with Gasteiger partial charge in [0, 0.05) is 43.3 Å². The van der Waals surface area contributed by atoms with Crippen LogP contribution in [0.5, 0.6) is 0 Å². The summed E-state index contributed by atoms with van der Waals surface area (Å²) in [7, 11) is 5.91. The molecule has 9 heteroatoms. The maximum Gasteiger partial charge on any atom is 0.236 e. The van der Waals surface area contributed by atoms with Gasteiger partial charge < -0.3 is 14.8 Å². The van der Waals surface area contributed by atoms with Gasteiger partial charge in [-0.15, -0.1) is 21.5 Å². The van der Waals surface area contributed by atoms with Gasteiger partial charge in [-0.05, 0) is 12.1 Å². The molecular weight excluding hydrogens is 428 g/mol. The van der Waals surface area contributed by atoms with Crippen LogP contribution in [-0.2, 0) is 11.8 Å². The number of amides is 1. The van der Waals surface area contributed by atoms with Gasteiger partial charge in [-0.1, -0.05) is 54.2 Å². The highest BCUT2D eigenvalue weighted by molar-refractivity contribution is 7.99. The van der Waals surface area contributed by atoms with Gasteiger partial charge in [0.15, 0.2) is 16.1 Å². The number of carbonyl (C=O) groups excluding carboxylic acids is 1. The van der Waals surface area contributed by atoms with E-state index in [2.05, 4.69) is 26.6 Å². The first-order valence-electron chi connectivity index (χ1n) is 9.62. The molecule has 4 aromatic rings. The van der Waals surface area contributed by atoms with Crippen LogP contribution in [0.15, 0.2) is 65.1 Å². The van der Waals surface area contributed by atoms with Gasteiger partial charge in [-0.25, -0.2) is 4.98 Å². The Morgan fingerprint density at radius 2 is 1.87 bits per heavy atom. The Labute approximate surface area is 189 Å². The Bertz CT molecular complexity index is 1190. The summed E-state index contributed by atoms with van der Waals surface area (Å²) < 4.78 is 1.91. The molecular formula is C22H22N6OS2. The normalized spacial score (nSPS) is 10.8. The number of nitrogens with one attached hydrogen (secondary N) is 1. The predicted molar refractivity (Wildman–Crippen MR) is 128 cm³/mol. The van der Waals surface area contributed by atoms with E-state index in [0.717, 1.165) is 28.3 Å². The zero-order valence-electron chi connectivity index (χ0n) is 17.4. The molecule has 4 rings (SSSR count). The van der Waals surface area contributed by atoms with E-state index in [1.807, 2.05) is 84.5 Å². The van der Waals surface area contributed by atoms with E-state index < -0.39 is 0 Å². The van der Waals surface area contributed by atoms with Crippen LogP contribution >= 0.6 is 23.1 Å². The molecule has 31 heavy (non-hydrogen) atoms. The Balaban J connectivity index is 1.38. The van der Waals surface area contributed by atoms with Crippen molar-refractivity contribution >= 4 is 39.8 Å². The van der Waals surface area contributed by atoms with Crippen molar-refractivity contribution in [3.63, 3.8) is 0 Å². The third-order valence-electron chi connectivity index (χ3n) is 4.61. The Hall–Kier alpha value is -3.17. The van der Waals surface area contributed by atoms with Crippen molar-refractivity contribution in [2.75, 3.05) is 30.1 Å². The van der Waals surface area contributed by atoms with Crippen LogP contribution < -0.4 is 10.2 Å². The molecule has 0 fully saturated rings. The van der Waals surface area contributed by atoms with Gasteiger partial charge >= 0.3 is 0 Å². The van der Waals surface area contributed by atoms with Gasteiger partial charge in [-0.2, -0.15) is 0 Å². The SMILES string of the molecule is CN(C)c1cccc(-c2nnc(SCC(=O)Nc3nc(-c4ccccc4)cs3)n2C)c1. The molecule has 0 aliphatic carbocycles. The molecule has 0 saturated heterocycles. The minimum Gasteiger partial charge on any atom is -0.378 e. The van der Waals surface area contributed by atoms with Crippen molar-refractivity contribution in [1.29, 1.82) is 0 Å². The number of aromatic nitrogens is 4. The van der Waals surface area contributed by atoms with Crippen LogP contribution in [0.1, 0.15) is 0 Å². The van der Waals surface area contributed by atoms with Crippen LogP contribution in [0.4, 0.5) is 10.8 Å². The third-order valence-corrected chi connectivity index (χ3v) is 6.39. The summed E-state index contributed by atoms with van der Waals surface area (Å²) in [4.78, 5) is 19.0. The average molecular weight is 451 g/mol. The first-order valence-corrected chi connectivity index (χ1v) is 11.5. The highest BCUT2D eigenvalue weighted by Gasteiger charge is 2.14. The molecule has 0 unspecified atom stereocenters. The minimum atomic E-state index is -0.127. The molecule has 7 nitrogen and oxygen atoms in total. The fourth-order valence-corrected chi connectivity index (χ4v) is 4.42.